The van der Waals surface area contributed by atoms with E-state index in [0.29, 0.717) is 12.8 Å². The number of nitro groups is 1. The molecule has 2 aliphatic heterocycles. The predicted octanol–water partition coefficient (Wildman–Crippen LogP) is 1.63. The summed E-state index contributed by atoms with van der Waals surface area (Å²) >= 11 is 0. The fourth-order valence-electron chi connectivity index (χ4n) is 3.63. The summed E-state index contributed by atoms with van der Waals surface area (Å²) in [5, 5.41) is 10.7. The highest BCUT2D eigenvalue weighted by molar-refractivity contribution is 7.89. The summed E-state index contributed by atoms with van der Waals surface area (Å²) in [4.78, 5) is 10.3. The molecule has 0 amide bonds. The molecule has 2 fully saturated rings. The molecule has 0 aromatic heterocycles. The molecule has 3 atom stereocenters. The maximum absolute atomic E-state index is 12.9. The monoisotopic (exact) mass is 325 g/mol. The lowest BCUT2D eigenvalue weighted by molar-refractivity contribution is -0.384. The van der Waals surface area contributed by atoms with E-state index in [1.165, 1.54) is 24.3 Å². The minimum Gasteiger partial charge on any atom is -0.328 e. The normalized spacial score (nSPS) is 29.2. The average molecular weight is 325 g/mol. The molecule has 2 heterocycles. The van der Waals surface area contributed by atoms with Crippen LogP contribution in [-0.2, 0) is 10.0 Å². The van der Waals surface area contributed by atoms with Gasteiger partial charge < -0.3 is 5.73 Å². The van der Waals surface area contributed by atoms with Crippen molar-refractivity contribution < 1.29 is 13.3 Å². The van der Waals surface area contributed by atoms with Crippen LogP contribution in [0.3, 0.4) is 0 Å². The zero-order chi connectivity index (χ0) is 15.9. The van der Waals surface area contributed by atoms with Crippen molar-refractivity contribution in [2.45, 2.75) is 55.1 Å². The van der Waals surface area contributed by atoms with Gasteiger partial charge in [0, 0.05) is 30.3 Å². The summed E-state index contributed by atoms with van der Waals surface area (Å²) in [5.41, 5.74) is 5.91. The molecule has 0 saturated carbocycles. The van der Waals surface area contributed by atoms with E-state index in [4.69, 9.17) is 5.73 Å². The van der Waals surface area contributed by atoms with E-state index in [0.717, 1.165) is 19.3 Å². The first kappa shape index (κ1) is 15.4. The molecule has 8 heteroatoms. The van der Waals surface area contributed by atoms with Crippen LogP contribution < -0.4 is 5.73 Å². The Morgan fingerprint density at radius 2 is 1.68 bits per heavy atom. The van der Waals surface area contributed by atoms with Crippen LogP contribution in [0, 0.1) is 10.1 Å². The third kappa shape index (κ3) is 2.62. The van der Waals surface area contributed by atoms with Crippen molar-refractivity contribution in [2.75, 3.05) is 0 Å². The van der Waals surface area contributed by atoms with Crippen LogP contribution in [0.5, 0.6) is 0 Å². The third-order valence-corrected chi connectivity index (χ3v) is 6.59. The highest BCUT2D eigenvalue weighted by Gasteiger charge is 2.44. The summed E-state index contributed by atoms with van der Waals surface area (Å²) < 4.78 is 27.4. The Labute approximate surface area is 129 Å². The smallest absolute Gasteiger partial charge is 0.269 e. The third-order valence-electron chi connectivity index (χ3n) is 4.57. The van der Waals surface area contributed by atoms with Crippen LogP contribution in [-0.4, -0.2) is 35.8 Å². The SMILES string of the molecule is NC1C[C@H]2CCC[C@@H](C1)N2S(=O)(=O)c1ccc([N+](=O)[O-])cc1. The zero-order valence-electron chi connectivity index (χ0n) is 12.1. The van der Waals surface area contributed by atoms with E-state index < -0.39 is 14.9 Å². The molecular formula is C14H19N3O4S. The van der Waals surface area contributed by atoms with Gasteiger partial charge in [-0.1, -0.05) is 6.42 Å². The number of nitrogens with two attached hydrogens (primary N) is 1. The van der Waals surface area contributed by atoms with Crippen LogP contribution in [0.2, 0.25) is 0 Å². The van der Waals surface area contributed by atoms with Crippen molar-refractivity contribution >= 4 is 15.7 Å². The highest BCUT2D eigenvalue weighted by atomic mass is 32.2. The Kier molecular flexibility index (Phi) is 3.92. The zero-order valence-corrected chi connectivity index (χ0v) is 12.9. The van der Waals surface area contributed by atoms with Gasteiger partial charge in [0.15, 0.2) is 0 Å². The molecule has 2 aliphatic rings. The lowest BCUT2D eigenvalue weighted by atomic mass is 9.84. The molecule has 1 aromatic carbocycles. The number of non-ortho nitro benzene ring substituents is 1. The number of hydrogen-bond acceptors (Lipinski definition) is 5. The maximum Gasteiger partial charge on any atom is 0.269 e. The van der Waals surface area contributed by atoms with Gasteiger partial charge in [-0.05, 0) is 37.8 Å². The van der Waals surface area contributed by atoms with Gasteiger partial charge in [0.25, 0.3) is 5.69 Å². The molecule has 2 N–H and O–H groups in total. The number of sulfonamides is 1. The minimum atomic E-state index is -3.63. The second-order valence-electron chi connectivity index (χ2n) is 6.06. The molecule has 0 spiro atoms. The topological polar surface area (TPSA) is 107 Å². The number of nitrogens with zero attached hydrogens (tertiary/aromatic N) is 2. The number of benzene rings is 1. The van der Waals surface area contributed by atoms with E-state index in [-0.39, 0.29) is 28.7 Å². The Hall–Kier alpha value is -1.51. The van der Waals surface area contributed by atoms with E-state index in [1.807, 2.05) is 0 Å². The van der Waals surface area contributed by atoms with Crippen molar-refractivity contribution in [3.63, 3.8) is 0 Å². The Bertz CT molecular complexity index is 660. The molecule has 22 heavy (non-hydrogen) atoms. The van der Waals surface area contributed by atoms with Crippen LogP contribution in [0.25, 0.3) is 0 Å². The van der Waals surface area contributed by atoms with Gasteiger partial charge >= 0.3 is 0 Å². The first-order chi connectivity index (χ1) is 10.4. The predicted molar refractivity (Wildman–Crippen MR) is 80.8 cm³/mol. The fourth-order valence-corrected chi connectivity index (χ4v) is 5.53. The van der Waals surface area contributed by atoms with Crippen LogP contribution in [0.15, 0.2) is 29.2 Å². The summed E-state index contributed by atoms with van der Waals surface area (Å²) in [6, 6.07) is 5.05. The summed E-state index contributed by atoms with van der Waals surface area (Å²) in [6.07, 6.45) is 4.05. The Balaban J connectivity index is 1.93. The van der Waals surface area contributed by atoms with Gasteiger partial charge in [-0.2, -0.15) is 4.31 Å². The molecule has 0 radical (unpaired) electrons. The van der Waals surface area contributed by atoms with E-state index >= 15 is 0 Å². The Morgan fingerprint density at radius 1 is 1.14 bits per heavy atom. The molecule has 2 saturated heterocycles. The van der Waals surface area contributed by atoms with Crippen molar-refractivity contribution in [1.29, 1.82) is 0 Å². The van der Waals surface area contributed by atoms with Crippen LogP contribution in [0.1, 0.15) is 32.1 Å². The molecule has 0 aliphatic carbocycles. The standard InChI is InChI=1S/C14H19N3O4S/c15-10-8-12-2-1-3-13(9-10)16(12)22(20,21)14-6-4-11(5-7-14)17(18)19/h4-7,10,12-13H,1-3,8-9,15H2/t10?,12-,13+. The number of rotatable bonds is 3. The van der Waals surface area contributed by atoms with Crippen LogP contribution >= 0.6 is 0 Å². The van der Waals surface area contributed by atoms with Crippen LogP contribution in [0.4, 0.5) is 5.69 Å². The van der Waals surface area contributed by atoms with Gasteiger partial charge in [-0.3, -0.25) is 10.1 Å². The summed E-state index contributed by atoms with van der Waals surface area (Å²) in [5.74, 6) is 0. The quantitative estimate of drug-likeness (QED) is 0.671. The van der Waals surface area contributed by atoms with Gasteiger partial charge in [-0.25, -0.2) is 8.42 Å². The molecule has 7 nitrogen and oxygen atoms in total. The molecule has 3 rings (SSSR count). The summed E-state index contributed by atoms with van der Waals surface area (Å²) in [7, 11) is -3.63. The van der Waals surface area contributed by atoms with E-state index in [2.05, 4.69) is 0 Å². The van der Waals surface area contributed by atoms with Crippen molar-refractivity contribution in [1.82, 2.24) is 4.31 Å². The molecule has 120 valence electrons. The molecule has 2 bridgehead atoms. The van der Waals surface area contributed by atoms with Gasteiger partial charge in [0.05, 0.1) is 9.82 Å². The Morgan fingerprint density at radius 3 is 2.18 bits per heavy atom. The van der Waals surface area contributed by atoms with Crippen molar-refractivity contribution in [2.24, 2.45) is 5.73 Å². The summed E-state index contributed by atoms with van der Waals surface area (Å²) in [6.45, 7) is 0. The number of nitro benzene ring substituents is 1. The maximum atomic E-state index is 12.9. The molecular weight excluding hydrogens is 306 g/mol. The second-order valence-corrected chi connectivity index (χ2v) is 7.90. The minimum absolute atomic E-state index is 0.0531. The lowest BCUT2D eigenvalue weighted by Crippen LogP contribution is -2.57. The molecule has 1 aromatic rings. The fraction of sp³-hybridized carbons (Fsp3) is 0.571. The van der Waals surface area contributed by atoms with Crippen molar-refractivity contribution in [3.05, 3.63) is 34.4 Å². The van der Waals surface area contributed by atoms with E-state index in [1.54, 1.807) is 4.31 Å². The second kappa shape index (κ2) is 5.60. The van der Waals surface area contributed by atoms with E-state index in [9.17, 15) is 18.5 Å². The van der Waals surface area contributed by atoms with Gasteiger partial charge in [0.1, 0.15) is 0 Å². The first-order valence-electron chi connectivity index (χ1n) is 7.43. The van der Waals surface area contributed by atoms with Crippen molar-refractivity contribution in [3.8, 4) is 0 Å². The van der Waals surface area contributed by atoms with Gasteiger partial charge in [0.2, 0.25) is 10.0 Å². The number of piperidine rings is 2. The van der Waals surface area contributed by atoms with Gasteiger partial charge in [-0.15, -0.1) is 0 Å². The first-order valence-corrected chi connectivity index (χ1v) is 8.87. The lowest BCUT2D eigenvalue weighted by Gasteiger charge is -2.46. The number of hydrogen-bond donors (Lipinski definition) is 1. The molecule has 1 unspecified atom stereocenters. The average Bonchev–Trinajstić information content (AvgIpc) is 2.46. The largest absolute Gasteiger partial charge is 0.328 e. The number of fused-ring (bicyclic) bond motifs is 2. The highest BCUT2D eigenvalue weighted by Crippen LogP contribution is 2.37.